The molecule has 2 bridgehead atoms. The SMILES string of the molecule is Cn1cc(S(=O)(=O)N2[C@H]3CC[C@@H]2[C@](Cc2ccccc2)(C(=O)O)C3)cn1. The number of carbonyl (C=O) groups is 1. The van der Waals surface area contributed by atoms with Crippen molar-refractivity contribution >= 4 is 16.0 Å². The maximum Gasteiger partial charge on any atom is 0.311 e. The highest BCUT2D eigenvalue weighted by atomic mass is 32.2. The van der Waals surface area contributed by atoms with Crippen LogP contribution < -0.4 is 0 Å². The minimum absolute atomic E-state index is 0.123. The number of sulfonamides is 1. The first-order chi connectivity index (χ1) is 12.3. The lowest BCUT2D eigenvalue weighted by atomic mass is 9.70. The minimum Gasteiger partial charge on any atom is -0.481 e. The molecule has 0 unspecified atom stereocenters. The summed E-state index contributed by atoms with van der Waals surface area (Å²) in [7, 11) is -2.10. The molecule has 0 aliphatic carbocycles. The van der Waals surface area contributed by atoms with Gasteiger partial charge in [0.2, 0.25) is 10.0 Å². The van der Waals surface area contributed by atoms with Crippen LogP contribution in [0.2, 0.25) is 0 Å². The molecule has 2 aliphatic rings. The molecule has 0 saturated carbocycles. The lowest BCUT2D eigenvalue weighted by molar-refractivity contribution is -0.150. The van der Waals surface area contributed by atoms with Crippen molar-refractivity contribution in [2.75, 3.05) is 0 Å². The number of rotatable bonds is 5. The second-order valence-electron chi connectivity index (χ2n) is 7.26. The van der Waals surface area contributed by atoms with E-state index in [0.717, 1.165) is 5.56 Å². The van der Waals surface area contributed by atoms with Crippen LogP contribution in [0.25, 0.3) is 0 Å². The summed E-state index contributed by atoms with van der Waals surface area (Å²) in [5.41, 5.74) is -0.166. The van der Waals surface area contributed by atoms with Gasteiger partial charge >= 0.3 is 5.97 Å². The standard InChI is InChI=1S/C18H21N3O4S/c1-20-12-15(11-19-20)26(24,25)21-14-7-8-16(21)18(10-14,17(22)23)9-13-5-3-2-4-6-13/h2-6,11-12,14,16H,7-10H2,1H3,(H,22,23)/t14-,16+,18+/m0/s1. The molecule has 3 atom stereocenters. The monoisotopic (exact) mass is 375 g/mol. The van der Waals surface area contributed by atoms with Crippen molar-refractivity contribution in [2.24, 2.45) is 12.5 Å². The largest absolute Gasteiger partial charge is 0.481 e. The Morgan fingerprint density at radius 2 is 2.04 bits per heavy atom. The van der Waals surface area contributed by atoms with Crippen LogP contribution in [-0.4, -0.2) is 45.7 Å². The fourth-order valence-electron chi connectivity index (χ4n) is 4.60. The number of hydrogen-bond acceptors (Lipinski definition) is 4. The highest BCUT2D eigenvalue weighted by molar-refractivity contribution is 7.89. The Kier molecular flexibility index (Phi) is 3.92. The van der Waals surface area contributed by atoms with Crippen molar-refractivity contribution in [2.45, 2.75) is 42.7 Å². The van der Waals surface area contributed by atoms with Gasteiger partial charge in [-0.05, 0) is 31.2 Å². The molecule has 8 heteroatoms. The predicted octanol–water partition coefficient (Wildman–Crippen LogP) is 1.66. The third kappa shape index (κ3) is 2.47. The van der Waals surface area contributed by atoms with Gasteiger partial charge < -0.3 is 5.11 Å². The molecule has 1 aromatic heterocycles. The first-order valence-corrected chi connectivity index (χ1v) is 10.1. The summed E-state index contributed by atoms with van der Waals surface area (Å²) in [6, 6.07) is 8.63. The van der Waals surface area contributed by atoms with Crippen LogP contribution in [0.1, 0.15) is 24.8 Å². The first-order valence-electron chi connectivity index (χ1n) is 8.64. The van der Waals surface area contributed by atoms with Gasteiger partial charge in [0.05, 0.1) is 11.6 Å². The number of nitrogens with zero attached hydrogens (tertiary/aromatic N) is 3. The summed E-state index contributed by atoms with van der Waals surface area (Å²) in [6.45, 7) is 0. The van der Waals surface area contributed by atoms with Gasteiger partial charge in [-0.3, -0.25) is 9.48 Å². The molecular weight excluding hydrogens is 354 g/mol. The molecule has 138 valence electrons. The molecule has 0 amide bonds. The third-order valence-corrected chi connectivity index (χ3v) is 7.64. The number of carboxylic acids is 1. The van der Waals surface area contributed by atoms with Crippen LogP contribution in [0.5, 0.6) is 0 Å². The second-order valence-corrected chi connectivity index (χ2v) is 9.10. The Hall–Kier alpha value is -2.19. The Morgan fingerprint density at radius 3 is 2.65 bits per heavy atom. The van der Waals surface area contributed by atoms with Crippen molar-refractivity contribution in [3.8, 4) is 0 Å². The number of aromatic nitrogens is 2. The van der Waals surface area contributed by atoms with Gasteiger partial charge in [-0.25, -0.2) is 8.42 Å². The van der Waals surface area contributed by atoms with E-state index in [2.05, 4.69) is 5.10 Å². The number of hydrogen-bond donors (Lipinski definition) is 1. The van der Waals surface area contributed by atoms with Crippen LogP contribution in [-0.2, 0) is 28.3 Å². The molecule has 26 heavy (non-hydrogen) atoms. The summed E-state index contributed by atoms with van der Waals surface area (Å²) in [5, 5.41) is 14.0. The fraction of sp³-hybridized carbons (Fsp3) is 0.444. The van der Waals surface area contributed by atoms with Crippen LogP contribution in [0.15, 0.2) is 47.6 Å². The average Bonchev–Trinajstić information content (AvgIpc) is 3.29. The zero-order valence-electron chi connectivity index (χ0n) is 14.4. The summed E-state index contributed by atoms with van der Waals surface area (Å²) in [6.07, 6.45) is 4.75. The molecule has 1 N–H and O–H groups in total. The van der Waals surface area contributed by atoms with Crippen molar-refractivity contribution < 1.29 is 18.3 Å². The summed E-state index contributed by atoms with van der Waals surface area (Å²) in [5.74, 6) is -0.917. The van der Waals surface area contributed by atoms with Crippen LogP contribution in [0, 0.1) is 5.41 Å². The number of aryl methyl sites for hydroxylation is 1. The maximum atomic E-state index is 13.2. The Labute approximate surface area is 152 Å². The van der Waals surface area contributed by atoms with Gasteiger partial charge in [-0.15, -0.1) is 0 Å². The molecule has 2 fully saturated rings. The molecule has 2 saturated heterocycles. The lowest BCUT2D eigenvalue weighted by Gasteiger charge is -2.33. The van der Waals surface area contributed by atoms with E-state index in [1.54, 1.807) is 7.05 Å². The van der Waals surface area contributed by atoms with Gasteiger partial charge in [0.25, 0.3) is 0 Å². The summed E-state index contributed by atoms with van der Waals surface area (Å²) in [4.78, 5) is 12.4. The van der Waals surface area contributed by atoms with Crippen molar-refractivity contribution in [1.82, 2.24) is 14.1 Å². The molecule has 1 aromatic carbocycles. The lowest BCUT2D eigenvalue weighted by Crippen LogP contribution is -2.46. The van der Waals surface area contributed by atoms with Gasteiger partial charge in [0.1, 0.15) is 4.90 Å². The van der Waals surface area contributed by atoms with Crippen molar-refractivity contribution in [3.63, 3.8) is 0 Å². The zero-order chi connectivity index (χ0) is 18.5. The highest BCUT2D eigenvalue weighted by Crippen LogP contribution is 2.53. The van der Waals surface area contributed by atoms with E-state index >= 15 is 0 Å². The minimum atomic E-state index is -3.76. The van der Waals surface area contributed by atoms with E-state index < -0.39 is 27.4 Å². The van der Waals surface area contributed by atoms with E-state index in [-0.39, 0.29) is 10.9 Å². The molecule has 0 spiro atoms. The van der Waals surface area contributed by atoms with Crippen molar-refractivity contribution in [1.29, 1.82) is 0 Å². The molecule has 7 nitrogen and oxygen atoms in total. The van der Waals surface area contributed by atoms with Gasteiger partial charge in [-0.2, -0.15) is 9.40 Å². The normalized spacial score (nSPS) is 28.5. The van der Waals surface area contributed by atoms with Crippen molar-refractivity contribution in [3.05, 3.63) is 48.3 Å². The van der Waals surface area contributed by atoms with Crippen LogP contribution in [0.3, 0.4) is 0 Å². The van der Waals surface area contributed by atoms with Crippen LogP contribution >= 0.6 is 0 Å². The number of benzene rings is 1. The zero-order valence-corrected chi connectivity index (χ0v) is 15.3. The predicted molar refractivity (Wildman–Crippen MR) is 93.9 cm³/mol. The van der Waals surface area contributed by atoms with E-state index in [9.17, 15) is 18.3 Å². The Balaban J connectivity index is 1.73. The number of aliphatic carboxylic acids is 1. The number of carboxylic acid groups (broad SMARTS) is 1. The third-order valence-electron chi connectivity index (χ3n) is 5.72. The van der Waals surface area contributed by atoms with E-state index in [0.29, 0.717) is 25.7 Å². The van der Waals surface area contributed by atoms with Gasteiger partial charge in [0.15, 0.2) is 0 Å². The highest BCUT2D eigenvalue weighted by Gasteiger charge is 2.63. The molecule has 3 heterocycles. The fourth-order valence-corrected chi connectivity index (χ4v) is 6.52. The topological polar surface area (TPSA) is 92.5 Å². The second kappa shape index (κ2) is 5.92. The molecule has 2 aliphatic heterocycles. The maximum absolute atomic E-state index is 13.2. The molecular formula is C18H21N3O4S. The molecule has 4 rings (SSSR count). The smallest absolute Gasteiger partial charge is 0.311 e. The average molecular weight is 375 g/mol. The van der Waals surface area contributed by atoms with Crippen LogP contribution in [0.4, 0.5) is 0 Å². The van der Waals surface area contributed by atoms with E-state index in [4.69, 9.17) is 0 Å². The molecule has 2 aromatic rings. The molecule has 0 radical (unpaired) electrons. The van der Waals surface area contributed by atoms with E-state index in [1.807, 2.05) is 30.3 Å². The quantitative estimate of drug-likeness (QED) is 0.858. The first kappa shape index (κ1) is 17.2. The summed E-state index contributed by atoms with van der Waals surface area (Å²) < 4.78 is 29.2. The van der Waals surface area contributed by atoms with Gasteiger partial charge in [-0.1, -0.05) is 30.3 Å². The summed E-state index contributed by atoms with van der Waals surface area (Å²) >= 11 is 0. The van der Waals surface area contributed by atoms with E-state index in [1.165, 1.54) is 21.4 Å². The Bertz CT molecular complexity index is 940. The van der Waals surface area contributed by atoms with Gasteiger partial charge in [0, 0.05) is 25.3 Å². The Morgan fingerprint density at radius 1 is 1.31 bits per heavy atom. The number of fused-ring (bicyclic) bond motifs is 2.